The van der Waals surface area contributed by atoms with Gasteiger partial charge < -0.3 is 27.3 Å². The number of aldehydes is 1. The van der Waals surface area contributed by atoms with Crippen molar-refractivity contribution in [3.8, 4) is 0 Å². The summed E-state index contributed by atoms with van der Waals surface area (Å²) in [5, 5.41) is 10.1. The molecule has 0 bridgehead atoms. The first-order chi connectivity index (χ1) is 12.8. The van der Waals surface area contributed by atoms with Crippen molar-refractivity contribution in [2.45, 2.75) is 44.3 Å². The third-order valence-electron chi connectivity index (χ3n) is 4.02. The molecule has 0 aliphatic heterocycles. The van der Waals surface area contributed by atoms with Crippen molar-refractivity contribution in [2.24, 2.45) is 17.2 Å². The number of nitrogens with zero attached hydrogens (tertiary/aromatic N) is 1. The summed E-state index contributed by atoms with van der Waals surface area (Å²) in [6, 6.07) is 6.98. The minimum absolute atomic E-state index is 0.131. The number of amides is 2. The van der Waals surface area contributed by atoms with Crippen LogP contribution in [0.5, 0.6) is 0 Å². The fourth-order valence-electron chi connectivity index (χ4n) is 2.48. The van der Waals surface area contributed by atoms with Gasteiger partial charge in [0.25, 0.3) is 5.91 Å². The molecule has 3 atom stereocenters. The summed E-state index contributed by atoms with van der Waals surface area (Å²) in [7, 11) is 0. The van der Waals surface area contributed by atoms with E-state index in [-0.39, 0.29) is 6.54 Å². The highest BCUT2D eigenvalue weighted by molar-refractivity contribution is 5.99. The highest BCUT2D eigenvalue weighted by Crippen LogP contribution is 2.04. The molecule has 0 aliphatic carbocycles. The maximum atomic E-state index is 12.5. The normalized spacial score (nSPS) is 13.9. The molecule has 0 fully saturated rings. The lowest BCUT2D eigenvalue weighted by Gasteiger charge is -2.25. The van der Waals surface area contributed by atoms with Crippen molar-refractivity contribution in [3.05, 3.63) is 35.9 Å². The molecule has 1 aromatic rings. The lowest BCUT2D eigenvalue weighted by atomic mass is 10.1. The van der Waals surface area contributed by atoms with Crippen LogP contribution in [0.15, 0.2) is 30.3 Å². The number of rotatable bonds is 10. The molecule has 0 aromatic heterocycles. The summed E-state index contributed by atoms with van der Waals surface area (Å²) < 4.78 is 0. The van der Waals surface area contributed by atoms with Gasteiger partial charge in [0.15, 0.2) is 5.96 Å². The van der Waals surface area contributed by atoms with Crippen molar-refractivity contribution in [2.75, 3.05) is 6.54 Å². The lowest BCUT2D eigenvalue weighted by Crippen LogP contribution is -2.54. The van der Waals surface area contributed by atoms with E-state index in [1.165, 1.54) is 6.92 Å². The van der Waals surface area contributed by atoms with Gasteiger partial charge in [-0.1, -0.05) is 30.3 Å². The monoisotopic (exact) mass is 376 g/mol. The fraction of sp³-hybridized carbons (Fsp3) is 0.444. The van der Waals surface area contributed by atoms with E-state index in [1.54, 1.807) is 0 Å². The quantitative estimate of drug-likeness (QED) is 0.201. The number of benzene rings is 1. The number of carbonyl (C=O) groups excluding carboxylic acids is 3. The zero-order valence-electron chi connectivity index (χ0n) is 15.4. The van der Waals surface area contributed by atoms with Crippen LogP contribution in [0.1, 0.15) is 25.3 Å². The van der Waals surface area contributed by atoms with Gasteiger partial charge in [-0.25, -0.2) is 0 Å². The Morgan fingerprint density at radius 2 is 1.89 bits per heavy atom. The minimum atomic E-state index is -0.900. The molecule has 9 heteroatoms. The van der Waals surface area contributed by atoms with Crippen molar-refractivity contribution < 1.29 is 14.4 Å². The Labute approximate surface area is 158 Å². The van der Waals surface area contributed by atoms with Gasteiger partial charge in [0.1, 0.15) is 12.3 Å². The van der Waals surface area contributed by atoms with Gasteiger partial charge in [0, 0.05) is 6.54 Å². The second kappa shape index (κ2) is 11.0. The Bertz CT molecular complexity index is 652. The average Bonchev–Trinajstić information content (AvgIpc) is 2.64. The first kappa shape index (κ1) is 22.3. The maximum absolute atomic E-state index is 12.5. The zero-order valence-corrected chi connectivity index (χ0v) is 15.4. The minimum Gasteiger partial charge on any atom is -0.370 e. The molecule has 0 saturated carbocycles. The second-order valence-electron chi connectivity index (χ2n) is 6.34. The van der Waals surface area contributed by atoms with Crippen LogP contribution in [-0.2, 0) is 20.8 Å². The van der Waals surface area contributed by atoms with Crippen molar-refractivity contribution >= 4 is 24.1 Å². The van der Waals surface area contributed by atoms with E-state index >= 15 is 0 Å². The lowest BCUT2D eigenvalue weighted by molar-refractivity contribution is -0.133. The Hall–Kier alpha value is -2.78. The van der Waals surface area contributed by atoms with E-state index in [9.17, 15) is 14.4 Å². The summed E-state index contributed by atoms with van der Waals surface area (Å²) in [6.45, 7) is 1.63. The molecular formula is C18H28N6O3. The molecular weight excluding hydrogens is 348 g/mol. The Morgan fingerprint density at radius 1 is 1.26 bits per heavy atom. The third-order valence-corrected chi connectivity index (χ3v) is 4.02. The molecule has 0 saturated heterocycles. The summed E-state index contributed by atoms with van der Waals surface area (Å²) in [4.78, 5) is 36.3. The third kappa shape index (κ3) is 7.55. The van der Waals surface area contributed by atoms with Gasteiger partial charge in [-0.15, -0.1) is 0 Å². The van der Waals surface area contributed by atoms with Gasteiger partial charge in [0.05, 0.1) is 12.1 Å². The number of nitrogens with one attached hydrogen (secondary N) is 2. The summed E-state index contributed by atoms with van der Waals surface area (Å²) in [6.07, 6.45) is 1.73. The van der Waals surface area contributed by atoms with E-state index < -0.39 is 35.9 Å². The molecule has 0 radical (unpaired) electrons. The van der Waals surface area contributed by atoms with E-state index in [0.717, 1.165) is 10.5 Å². The van der Waals surface area contributed by atoms with E-state index in [1.807, 2.05) is 30.3 Å². The molecule has 0 spiro atoms. The molecule has 1 rings (SSSR count). The van der Waals surface area contributed by atoms with Crippen LogP contribution in [0.3, 0.4) is 0 Å². The molecule has 0 aliphatic rings. The highest BCUT2D eigenvalue weighted by atomic mass is 16.2. The van der Waals surface area contributed by atoms with Gasteiger partial charge >= 0.3 is 0 Å². The van der Waals surface area contributed by atoms with E-state index in [4.69, 9.17) is 22.6 Å². The molecule has 148 valence electrons. The van der Waals surface area contributed by atoms with Crippen LogP contribution in [0.2, 0.25) is 0 Å². The van der Waals surface area contributed by atoms with Crippen LogP contribution >= 0.6 is 0 Å². The predicted octanol–water partition coefficient (Wildman–Crippen LogP) is -0.910. The second-order valence-corrected chi connectivity index (χ2v) is 6.34. The molecule has 2 amide bonds. The number of carbonyl (C=O) groups is 3. The van der Waals surface area contributed by atoms with Crippen LogP contribution in [0.25, 0.3) is 0 Å². The van der Waals surface area contributed by atoms with Gasteiger partial charge in [-0.3, -0.25) is 19.9 Å². The summed E-state index contributed by atoms with van der Waals surface area (Å²) in [5.74, 6) is -1.43. The van der Waals surface area contributed by atoms with Gasteiger partial charge in [-0.05, 0) is 31.7 Å². The molecule has 8 N–H and O–H groups in total. The highest BCUT2D eigenvalue weighted by Gasteiger charge is 2.25. The van der Waals surface area contributed by atoms with Crippen LogP contribution in [-0.4, -0.2) is 53.6 Å². The first-order valence-electron chi connectivity index (χ1n) is 8.72. The zero-order chi connectivity index (χ0) is 20.4. The smallest absolute Gasteiger partial charge is 0.251 e. The van der Waals surface area contributed by atoms with Crippen molar-refractivity contribution in [3.63, 3.8) is 0 Å². The molecule has 1 aromatic carbocycles. The molecule has 0 unspecified atom stereocenters. The van der Waals surface area contributed by atoms with Crippen molar-refractivity contribution in [1.29, 1.82) is 5.41 Å². The van der Waals surface area contributed by atoms with Gasteiger partial charge in [-0.2, -0.15) is 0 Å². The van der Waals surface area contributed by atoms with Crippen LogP contribution < -0.4 is 22.5 Å². The Balaban J connectivity index is 2.59. The standard InChI is InChI=1S/C18H28N6O3/c1-12(17(27)24(18(21)22)9-5-8-14(19)11-25)23-16(26)15(20)10-13-6-3-2-4-7-13/h2-4,6-7,11-12,14-15H,5,8-10,19-20H2,1H3,(H3,21,22)(H,23,26)/t12-,14-,15+/m0/s1. The average molecular weight is 376 g/mol. The molecule has 9 nitrogen and oxygen atoms in total. The van der Waals surface area contributed by atoms with Crippen molar-refractivity contribution in [1.82, 2.24) is 10.2 Å². The topological polar surface area (TPSA) is 168 Å². The van der Waals surface area contributed by atoms with Crippen LogP contribution in [0.4, 0.5) is 0 Å². The number of nitrogens with two attached hydrogens (primary N) is 3. The molecule has 0 heterocycles. The van der Waals surface area contributed by atoms with Crippen LogP contribution in [0, 0.1) is 5.41 Å². The van der Waals surface area contributed by atoms with E-state index in [0.29, 0.717) is 25.5 Å². The van der Waals surface area contributed by atoms with E-state index in [2.05, 4.69) is 5.32 Å². The largest absolute Gasteiger partial charge is 0.370 e. The maximum Gasteiger partial charge on any atom is 0.251 e. The van der Waals surface area contributed by atoms with Gasteiger partial charge in [0.2, 0.25) is 5.91 Å². The first-order valence-corrected chi connectivity index (χ1v) is 8.72. The number of hydrogen-bond donors (Lipinski definition) is 5. The number of hydrogen-bond acceptors (Lipinski definition) is 6. The summed E-state index contributed by atoms with van der Waals surface area (Å²) in [5.41, 5.74) is 17.8. The number of guanidine groups is 1. The summed E-state index contributed by atoms with van der Waals surface area (Å²) >= 11 is 0. The Kier molecular flexibility index (Phi) is 9.11. The predicted molar refractivity (Wildman–Crippen MR) is 103 cm³/mol. The SMILES string of the molecule is C[C@H](NC(=O)[C@H](N)Cc1ccccc1)C(=O)N(CCC[C@H](N)C=O)C(=N)N. The molecule has 27 heavy (non-hydrogen) atoms. The Morgan fingerprint density at radius 3 is 2.44 bits per heavy atom. The fourth-order valence-corrected chi connectivity index (χ4v) is 2.48.